The number of alkyl carbamates (subject to hydrolysis) is 1. The highest BCUT2D eigenvalue weighted by Gasteiger charge is 2.45. The lowest BCUT2D eigenvalue weighted by Crippen LogP contribution is -2.37. The zero-order valence-electron chi connectivity index (χ0n) is 44.1. The van der Waals surface area contributed by atoms with Gasteiger partial charge < -0.3 is 37.8 Å². The molecule has 1 N–H and O–H groups in total. The molecule has 2 aliphatic heterocycles. The molecule has 386 valence electrons. The smallest absolute Gasteiger partial charge is 0.407 e. The van der Waals surface area contributed by atoms with Gasteiger partial charge >= 0.3 is 6.09 Å². The second kappa shape index (κ2) is 20.8. The van der Waals surface area contributed by atoms with Crippen LogP contribution in [-0.2, 0) is 42.2 Å². The van der Waals surface area contributed by atoms with Crippen LogP contribution in [0.1, 0.15) is 97.3 Å². The van der Waals surface area contributed by atoms with Crippen molar-refractivity contribution in [3.05, 3.63) is 124 Å². The van der Waals surface area contributed by atoms with E-state index in [1.165, 1.54) is 24.3 Å². The van der Waals surface area contributed by atoms with Gasteiger partial charge in [-0.2, -0.15) is 4.58 Å². The highest BCUT2D eigenvalue weighted by atomic mass is 32.2. The fourth-order valence-corrected chi connectivity index (χ4v) is 10.7. The normalized spacial score (nSPS) is 18.4. The largest absolute Gasteiger partial charge is 0.744 e. The van der Waals surface area contributed by atoms with Gasteiger partial charge in [-0.1, -0.05) is 32.1 Å². The summed E-state index contributed by atoms with van der Waals surface area (Å²) in [5, 5.41) is 2.82. The van der Waals surface area contributed by atoms with Crippen LogP contribution in [0.2, 0.25) is 0 Å². The Morgan fingerprint density at radius 3 is 2.00 bits per heavy atom. The Labute approximate surface area is 423 Å². The molecule has 14 nitrogen and oxygen atoms in total. The first kappa shape index (κ1) is 55.2. The van der Waals surface area contributed by atoms with Gasteiger partial charge in [-0.25, -0.2) is 21.6 Å². The number of allylic oxidation sites excluding steroid dienone is 7. The molecule has 0 radical (unpaired) electrons. The van der Waals surface area contributed by atoms with Crippen LogP contribution in [0, 0.1) is 0 Å². The Hall–Kier alpha value is -5.10. The van der Waals surface area contributed by atoms with Gasteiger partial charge in [-0.3, -0.25) is 0 Å². The lowest BCUT2D eigenvalue weighted by molar-refractivity contribution is -0.871. The minimum Gasteiger partial charge on any atom is -0.744 e. The first-order valence-electron chi connectivity index (χ1n) is 24.6. The molecule has 0 bridgehead atoms. The summed E-state index contributed by atoms with van der Waals surface area (Å²) in [6.45, 7) is 17.3. The standard InChI is InChI=1S/C55H75N5O9S2/c1-53(2,3)69-52(61)56-32-31-39-19-23-42(24-20-39)68-51-40(21-29-49-54(4,5)45-37-43(70(62,63)64)25-27-47(45)57(49)33-15-35-59(8,9)10)17-14-18-41(51)22-30-50-55(6,7)46-38-44(71(65,66)67)26-28-48(46)58(50)34-16-36-60(11,12)13/h19-30,37-38H,14-18,31-36H2,1-13H3/p+1. The molecule has 3 aromatic carbocycles. The summed E-state index contributed by atoms with van der Waals surface area (Å²) >= 11 is 0. The fourth-order valence-electron chi connectivity index (χ4n) is 9.68. The van der Waals surface area contributed by atoms with Crippen molar-refractivity contribution in [3.8, 4) is 5.75 Å². The van der Waals surface area contributed by atoms with Gasteiger partial charge in [0.25, 0.3) is 0 Å². The van der Waals surface area contributed by atoms with Crippen LogP contribution >= 0.6 is 0 Å². The van der Waals surface area contributed by atoms with E-state index >= 15 is 0 Å². The molecule has 3 aliphatic rings. The maximum Gasteiger partial charge on any atom is 0.407 e. The number of quaternary nitrogens is 2. The van der Waals surface area contributed by atoms with Crippen LogP contribution < -0.4 is 15.0 Å². The molecule has 0 fully saturated rings. The SMILES string of the molecule is CC(C)(C)OC(=O)NCCc1ccc(OC2=C(/C=C/C3=[N+](CCC[N+](C)(C)C)c4ccc(S(=O)(=O)[O-])cc4C3(C)C)CCC/C2=C\C=C2\N(CCC[N+](C)(C)C)c3ccc(S(=O)(=O)[O-])cc3C2(C)C)cc1. The Balaban J connectivity index is 1.45. The molecule has 1 amide bonds. The zero-order valence-corrected chi connectivity index (χ0v) is 45.8. The van der Waals surface area contributed by atoms with Crippen LogP contribution in [-0.4, -0.2) is 132 Å². The lowest BCUT2D eigenvalue weighted by atomic mass is 9.81. The van der Waals surface area contributed by atoms with Gasteiger partial charge in [0.1, 0.15) is 37.3 Å². The third-order valence-electron chi connectivity index (χ3n) is 13.3. The molecule has 0 aromatic heterocycles. The second-order valence-electron chi connectivity index (χ2n) is 23.1. The monoisotopic (exact) mass is 1010 g/mol. The molecule has 16 heteroatoms. The van der Waals surface area contributed by atoms with Gasteiger partial charge in [0.05, 0.1) is 77.0 Å². The van der Waals surface area contributed by atoms with Gasteiger partial charge in [-0.05, 0) is 137 Å². The fraction of sp³-hybridized carbons (Fsp3) is 0.491. The first-order valence-corrected chi connectivity index (χ1v) is 27.4. The van der Waals surface area contributed by atoms with E-state index in [1.54, 1.807) is 12.1 Å². The molecule has 1 aliphatic carbocycles. The summed E-state index contributed by atoms with van der Waals surface area (Å²) in [7, 11) is 3.55. The van der Waals surface area contributed by atoms with Crippen molar-refractivity contribution in [2.24, 2.45) is 0 Å². The lowest BCUT2D eigenvalue weighted by Gasteiger charge is -2.29. The van der Waals surface area contributed by atoms with Crippen molar-refractivity contribution in [2.45, 2.75) is 113 Å². The van der Waals surface area contributed by atoms with Crippen molar-refractivity contribution >= 4 is 43.4 Å². The summed E-state index contributed by atoms with van der Waals surface area (Å²) in [5.74, 6) is 1.34. The second-order valence-corrected chi connectivity index (χ2v) is 25.9. The Kier molecular flexibility index (Phi) is 16.2. The third kappa shape index (κ3) is 13.9. The predicted octanol–water partition coefficient (Wildman–Crippen LogP) is 8.81. The van der Waals surface area contributed by atoms with Crippen molar-refractivity contribution in [3.63, 3.8) is 0 Å². The quantitative estimate of drug-likeness (QED) is 0.0739. The topological polar surface area (TPSA) is 168 Å². The Bertz CT molecular complexity index is 2890. The molecule has 0 unspecified atom stereocenters. The van der Waals surface area contributed by atoms with E-state index in [4.69, 9.17) is 9.47 Å². The van der Waals surface area contributed by atoms with Crippen LogP contribution in [0.3, 0.4) is 0 Å². The summed E-state index contributed by atoms with van der Waals surface area (Å²) < 4.78 is 89.8. The van der Waals surface area contributed by atoms with Gasteiger partial charge in [0, 0.05) is 54.0 Å². The number of hydrogen-bond acceptors (Lipinski definition) is 10. The van der Waals surface area contributed by atoms with Crippen molar-refractivity contribution in [2.75, 3.05) is 79.9 Å². The van der Waals surface area contributed by atoms with E-state index in [9.17, 15) is 30.7 Å². The van der Waals surface area contributed by atoms with E-state index in [0.29, 0.717) is 37.6 Å². The van der Waals surface area contributed by atoms with Crippen LogP contribution in [0.25, 0.3) is 0 Å². The average Bonchev–Trinajstić information content (AvgIpc) is 3.58. The number of rotatable bonds is 18. The van der Waals surface area contributed by atoms with E-state index in [0.717, 1.165) is 105 Å². The molecular weight excluding hydrogens is 939 g/mol. The van der Waals surface area contributed by atoms with Gasteiger partial charge in [-0.15, -0.1) is 0 Å². The van der Waals surface area contributed by atoms with E-state index in [2.05, 4.69) is 109 Å². The maximum absolute atomic E-state index is 12.3. The van der Waals surface area contributed by atoms with Crippen LogP contribution in [0.4, 0.5) is 16.2 Å². The number of nitrogens with zero attached hydrogens (tertiary/aromatic N) is 4. The summed E-state index contributed by atoms with van der Waals surface area (Å²) in [6, 6.07) is 17.2. The molecule has 71 heavy (non-hydrogen) atoms. The van der Waals surface area contributed by atoms with Crippen molar-refractivity contribution in [1.29, 1.82) is 0 Å². The number of ether oxygens (including phenoxy) is 2. The molecule has 2 heterocycles. The number of fused-ring (bicyclic) bond motifs is 2. The number of benzene rings is 3. The summed E-state index contributed by atoms with van der Waals surface area (Å²) in [6.07, 6.45) is 12.6. The minimum absolute atomic E-state index is 0.253. The number of carbonyl (C=O) groups is 1. The first-order chi connectivity index (χ1) is 32.7. The number of anilines is 1. The maximum atomic E-state index is 12.3. The number of carbonyl (C=O) groups excluding carboxylic acids is 1. The zero-order chi connectivity index (χ0) is 52.5. The van der Waals surface area contributed by atoms with Crippen LogP contribution in [0.5, 0.6) is 5.75 Å². The molecule has 3 aromatic rings. The summed E-state index contributed by atoms with van der Waals surface area (Å²) in [5.41, 5.74) is 6.28. The molecule has 0 saturated heterocycles. The minimum atomic E-state index is -4.69. The Morgan fingerprint density at radius 2 is 1.39 bits per heavy atom. The predicted molar refractivity (Wildman–Crippen MR) is 278 cm³/mol. The average molecular weight is 1020 g/mol. The van der Waals surface area contributed by atoms with Crippen LogP contribution in [0.15, 0.2) is 117 Å². The number of hydrogen-bond donors (Lipinski definition) is 1. The van der Waals surface area contributed by atoms with E-state index < -0.39 is 42.8 Å². The highest BCUT2D eigenvalue weighted by molar-refractivity contribution is 7.86. The number of nitrogens with one attached hydrogen (secondary N) is 1. The Morgan fingerprint density at radius 1 is 0.789 bits per heavy atom. The molecule has 0 saturated carbocycles. The molecule has 6 rings (SSSR count). The highest BCUT2D eigenvalue weighted by Crippen LogP contribution is 2.49. The van der Waals surface area contributed by atoms with Crippen molar-refractivity contribution in [1.82, 2.24) is 5.32 Å². The molecule has 0 atom stereocenters. The van der Waals surface area contributed by atoms with Crippen molar-refractivity contribution < 1.29 is 53.8 Å². The molecular formula is C55H76N5O9S2+. The van der Waals surface area contributed by atoms with E-state index in [-0.39, 0.29) is 9.79 Å². The summed E-state index contributed by atoms with van der Waals surface area (Å²) in [4.78, 5) is 14.0. The molecule has 0 spiro atoms. The van der Waals surface area contributed by atoms with Gasteiger partial charge in [0.2, 0.25) is 5.69 Å². The number of amides is 1. The van der Waals surface area contributed by atoms with E-state index in [1.807, 2.05) is 45.0 Å². The third-order valence-corrected chi connectivity index (χ3v) is 15.0. The van der Waals surface area contributed by atoms with Gasteiger partial charge in [0.15, 0.2) is 12.3 Å².